The Morgan fingerprint density at radius 1 is 1.34 bits per heavy atom. The standard InChI is InChI=1S/C20H26ClN3O7S/c1-12-9-23(10-13(2)31-12)18(25)11-30-20(27)17(6-7-32-3)22-19(26)15-5-4-14(24(28)29)8-16(15)21/h4-5,8,12-13,17H,6-7,9-11H2,1-3H3,(H,22,26)/t12-,13-,17-/m0/s1. The molecule has 32 heavy (non-hydrogen) atoms. The van der Waals surface area contributed by atoms with Gasteiger partial charge in [-0.05, 0) is 38.3 Å². The Kier molecular flexibility index (Phi) is 9.73. The molecule has 0 aliphatic carbocycles. The van der Waals surface area contributed by atoms with Gasteiger partial charge >= 0.3 is 5.97 Å². The predicted molar refractivity (Wildman–Crippen MR) is 120 cm³/mol. The van der Waals surface area contributed by atoms with E-state index in [1.54, 1.807) is 4.90 Å². The molecule has 0 bridgehead atoms. The van der Waals surface area contributed by atoms with E-state index >= 15 is 0 Å². The van der Waals surface area contributed by atoms with Crippen LogP contribution in [0.1, 0.15) is 30.6 Å². The van der Waals surface area contributed by atoms with E-state index < -0.39 is 29.4 Å². The number of amides is 2. The van der Waals surface area contributed by atoms with Crippen molar-refractivity contribution in [1.82, 2.24) is 10.2 Å². The van der Waals surface area contributed by atoms with Gasteiger partial charge in [-0.2, -0.15) is 11.8 Å². The third-order valence-corrected chi connectivity index (χ3v) is 5.68. The van der Waals surface area contributed by atoms with Gasteiger partial charge in [-0.25, -0.2) is 4.79 Å². The molecule has 1 fully saturated rings. The summed E-state index contributed by atoms with van der Waals surface area (Å²) in [5.41, 5.74) is -0.262. The first kappa shape index (κ1) is 25.9. The highest BCUT2D eigenvalue weighted by atomic mass is 35.5. The maximum absolute atomic E-state index is 12.6. The Morgan fingerprint density at radius 3 is 2.56 bits per heavy atom. The molecule has 0 aromatic heterocycles. The van der Waals surface area contributed by atoms with Crippen molar-refractivity contribution in [3.8, 4) is 0 Å². The minimum absolute atomic E-state index is 0.00779. The lowest BCUT2D eigenvalue weighted by Gasteiger charge is -2.35. The number of esters is 1. The monoisotopic (exact) mass is 487 g/mol. The topological polar surface area (TPSA) is 128 Å². The summed E-state index contributed by atoms with van der Waals surface area (Å²) in [6, 6.07) is 2.43. The number of carbonyl (C=O) groups is 3. The molecule has 1 aromatic carbocycles. The third-order valence-electron chi connectivity index (χ3n) is 4.72. The van der Waals surface area contributed by atoms with Crippen molar-refractivity contribution in [2.75, 3.05) is 31.7 Å². The van der Waals surface area contributed by atoms with Gasteiger partial charge in [0.25, 0.3) is 17.5 Å². The van der Waals surface area contributed by atoms with Crippen LogP contribution in [0.5, 0.6) is 0 Å². The zero-order chi connectivity index (χ0) is 23.8. The number of nitrogens with zero attached hydrogens (tertiary/aromatic N) is 2. The highest BCUT2D eigenvalue weighted by Crippen LogP contribution is 2.22. The van der Waals surface area contributed by atoms with Gasteiger partial charge in [0.2, 0.25) is 0 Å². The van der Waals surface area contributed by atoms with E-state index in [-0.39, 0.29) is 40.8 Å². The smallest absolute Gasteiger partial charge is 0.329 e. The summed E-state index contributed by atoms with van der Waals surface area (Å²) in [4.78, 5) is 49.4. The molecule has 2 rings (SSSR count). The molecule has 10 nitrogen and oxygen atoms in total. The summed E-state index contributed by atoms with van der Waals surface area (Å²) in [6.45, 7) is 4.10. The summed E-state index contributed by atoms with van der Waals surface area (Å²) in [6.07, 6.45) is 1.90. The second-order valence-corrected chi connectivity index (χ2v) is 8.79. The minimum Gasteiger partial charge on any atom is -0.454 e. The molecule has 3 atom stereocenters. The molecule has 0 unspecified atom stereocenters. The number of rotatable bonds is 9. The van der Waals surface area contributed by atoms with Crippen LogP contribution in [0.4, 0.5) is 5.69 Å². The number of nitrogens with one attached hydrogen (secondary N) is 1. The second kappa shape index (κ2) is 12.0. The van der Waals surface area contributed by atoms with Gasteiger partial charge < -0.3 is 19.7 Å². The van der Waals surface area contributed by atoms with Crippen LogP contribution < -0.4 is 5.32 Å². The Balaban J connectivity index is 2.00. The van der Waals surface area contributed by atoms with E-state index in [4.69, 9.17) is 21.1 Å². The summed E-state index contributed by atoms with van der Waals surface area (Å²) < 4.78 is 10.8. The lowest BCUT2D eigenvalue weighted by atomic mass is 10.1. The number of non-ortho nitro benzene ring substituents is 1. The molecule has 0 saturated carbocycles. The van der Waals surface area contributed by atoms with E-state index in [2.05, 4.69) is 5.32 Å². The van der Waals surface area contributed by atoms with Gasteiger partial charge in [0.1, 0.15) is 6.04 Å². The van der Waals surface area contributed by atoms with Crippen molar-refractivity contribution in [2.45, 2.75) is 38.5 Å². The average molecular weight is 488 g/mol. The van der Waals surface area contributed by atoms with Crippen molar-refractivity contribution in [1.29, 1.82) is 0 Å². The normalized spacial score (nSPS) is 19.2. The fraction of sp³-hybridized carbons (Fsp3) is 0.550. The zero-order valence-corrected chi connectivity index (χ0v) is 19.6. The Hall–Kier alpha value is -2.37. The molecule has 1 aliphatic heterocycles. The van der Waals surface area contributed by atoms with E-state index in [0.29, 0.717) is 18.8 Å². The Bertz CT molecular complexity index is 860. The Morgan fingerprint density at radius 2 is 2.00 bits per heavy atom. The van der Waals surface area contributed by atoms with Crippen LogP contribution in [-0.4, -0.2) is 77.6 Å². The molecule has 0 radical (unpaired) electrons. The second-order valence-electron chi connectivity index (χ2n) is 7.39. The number of benzene rings is 1. The molecule has 1 aromatic rings. The molecule has 12 heteroatoms. The SMILES string of the molecule is CSCC[C@H](NC(=O)c1ccc([N+](=O)[O-])cc1Cl)C(=O)OCC(=O)N1C[C@H](C)O[C@@H](C)C1. The van der Waals surface area contributed by atoms with Gasteiger partial charge in [0.05, 0.1) is 27.7 Å². The molecular weight excluding hydrogens is 462 g/mol. The lowest BCUT2D eigenvalue weighted by molar-refractivity contribution is -0.384. The predicted octanol–water partition coefficient (Wildman–Crippen LogP) is 2.28. The summed E-state index contributed by atoms with van der Waals surface area (Å²) in [5.74, 6) is -1.20. The van der Waals surface area contributed by atoms with E-state index in [0.717, 1.165) is 12.1 Å². The van der Waals surface area contributed by atoms with Crippen molar-refractivity contribution in [3.05, 3.63) is 38.9 Å². The average Bonchev–Trinajstić information content (AvgIpc) is 2.73. The number of thioether (sulfide) groups is 1. The summed E-state index contributed by atoms with van der Waals surface area (Å²) in [7, 11) is 0. The molecule has 1 aliphatic rings. The van der Waals surface area contributed by atoms with E-state index in [9.17, 15) is 24.5 Å². The largest absolute Gasteiger partial charge is 0.454 e. The van der Waals surface area contributed by atoms with Crippen LogP contribution in [0, 0.1) is 10.1 Å². The van der Waals surface area contributed by atoms with Crippen LogP contribution in [0.15, 0.2) is 18.2 Å². The van der Waals surface area contributed by atoms with Gasteiger partial charge in [-0.15, -0.1) is 0 Å². The lowest BCUT2D eigenvalue weighted by Crippen LogP contribution is -2.50. The minimum atomic E-state index is -1.00. The summed E-state index contributed by atoms with van der Waals surface area (Å²) >= 11 is 7.48. The molecule has 2 amide bonds. The van der Waals surface area contributed by atoms with Crippen LogP contribution in [0.25, 0.3) is 0 Å². The van der Waals surface area contributed by atoms with Gasteiger partial charge in [0, 0.05) is 25.2 Å². The van der Waals surface area contributed by atoms with E-state index in [1.807, 2.05) is 20.1 Å². The summed E-state index contributed by atoms with van der Waals surface area (Å²) in [5, 5.41) is 13.3. The molecule has 1 N–H and O–H groups in total. The maximum Gasteiger partial charge on any atom is 0.329 e. The molecule has 0 spiro atoms. The van der Waals surface area contributed by atoms with Gasteiger partial charge in [0.15, 0.2) is 6.61 Å². The number of carbonyl (C=O) groups excluding carboxylic acids is 3. The molecule has 176 valence electrons. The first-order valence-corrected chi connectivity index (χ1v) is 11.7. The number of hydrogen-bond donors (Lipinski definition) is 1. The first-order valence-electron chi connectivity index (χ1n) is 9.96. The molecule has 1 heterocycles. The highest BCUT2D eigenvalue weighted by molar-refractivity contribution is 7.98. The van der Waals surface area contributed by atoms with Crippen LogP contribution in [0.3, 0.4) is 0 Å². The van der Waals surface area contributed by atoms with Crippen LogP contribution in [-0.2, 0) is 19.1 Å². The fourth-order valence-corrected chi connectivity index (χ4v) is 3.96. The zero-order valence-electron chi connectivity index (χ0n) is 18.0. The van der Waals surface area contributed by atoms with Crippen molar-refractivity contribution >= 4 is 46.8 Å². The highest BCUT2D eigenvalue weighted by Gasteiger charge is 2.28. The van der Waals surface area contributed by atoms with Gasteiger partial charge in [-0.1, -0.05) is 11.6 Å². The maximum atomic E-state index is 12.6. The molecular formula is C20H26ClN3O7S. The number of halogens is 1. The van der Waals surface area contributed by atoms with Crippen LogP contribution >= 0.6 is 23.4 Å². The van der Waals surface area contributed by atoms with Crippen molar-refractivity contribution < 1.29 is 28.8 Å². The Labute approximate surface area is 195 Å². The van der Waals surface area contributed by atoms with E-state index in [1.165, 1.54) is 17.8 Å². The van der Waals surface area contributed by atoms with Crippen LogP contribution in [0.2, 0.25) is 5.02 Å². The van der Waals surface area contributed by atoms with Gasteiger partial charge in [-0.3, -0.25) is 19.7 Å². The first-order chi connectivity index (χ1) is 15.1. The van der Waals surface area contributed by atoms with Crippen molar-refractivity contribution in [3.63, 3.8) is 0 Å². The quantitative estimate of drug-likeness (QED) is 0.319. The number of hydrogen-bond acceptors (Lipinski definition) is 8. The number of ether oxygens (including phenoxy) is 2. The molecule has 1 saturated heterocycles. The number of nitro benzene ring substituents is 1. The van der Waals surface area contributed by atoms with Crippen molar-refractivity contribution in [2.24, 2.45) is 0 Å². The fourth-order valence-electron chi connectivity index (χ4n) is 3.23. The number of morpholine rings is 1. The third kappa shape index (κ3) is 7.35. The number of nitro groups is 1.